The Balaban J connectivity index is 2.15. The topological polar surface area (TPSA) is 46.2 Å². The molecule has 0 radical (unpaired) electrons. The van der Waals surface area contributed by atoms with E-state index in [1.807, 2.05) is 0 Å². The van der Waals surface area contributed by atoms with E-state index in [2.05, 4.69) is 30.6 Å². The van der Waals surface area contributed by atoms with Gasteiger partial charge in [-0.2, -0.15) is 0 Å². The van der Waals surface area contributed by atoms with E-state index in [4.69, 9.17) is 0 Å². The van der Waals surface area contributed by atoms with Crippen LogP contribution in [-0.4, -0.2) is 26.5 Å². The van der Waals surface area contributed by atoms with Crippen molar-refractivity contribution in [3.63, 3.8) is 0 Å². The minimum atomic E-state index is -2.80. The van der Waals surface area contributed by atoms with Gasteiger partial charge in [0.1, 0.15) is 0 Å². The molecular formula is C13H21NO2S2. The predicted octanol–water partition coefficient (Wildman–Crippen LogP) is 2.53. The fourth-order valence-electron chi connectivity index (χ4n) is 2.57. The van der Waals surface area contributed by atoms with Crippen molar-refractivity contribution >= 4 is 21.2 Å². The highest BCUT2D eigenvalue weighted by Crippen LogP contribution is 2.33. The van der Waals surface area contributed by atoms with Crippen molar-refractivity contribution in [2.24, 2.45) is 5.92 Å². The van der Waals surface area contributed by atoms with Crippen LogP contribution in [0.4, 0.5) is 0 Å². The zero-order chi connectivity index (χ0) is 13.2. The molecule has 0 amide bonds. The van der Waals surface area contributed by atoms with Gasteiger partial charge in [-0.25, -0.2) is 8.42 Å². The maximum atomic E-state index is 11.6. The Morgan fingerprint density at radius 1 is 1.56 bits per heavy atom. The molecule has 0 aromatic carbocycles. The summed E-state index contributed by atoms with van der Waals surface area (Å²) in [6.45, 7) is 5.17. The quantitative estimate of drug-likeness (QED) is 0.905. The van der Waals surface area contributed by atoms with Crippen LogP contribution in [0.5, 0.6) is 0 Å². The fraction of sp³-hybridized carbons (Fsp3) is 0.692. The molecule has 5 heteroatoms. The predicted molar refractivity (Wildman–Crippen MR) is 76.9 cm³/mol. The molecule has 0 saturated carbocycles. The first-order valence-corrected chi connectivity index (χ1v) is 9.21. The summed E-state index contributed by atoms with van der Waals surface area (Å²) in [5, 5.41) is 5.68. The molecule has 0 aliphatic carbocycles. The van der Waals surface area contributed by atoms with E-state index in [1.54, 1.807) is 11.3 Å². The smallest absolute Gasteiger partial charge is 0.150 e. The number of sulfone groups is 1. The van der Waals surface area contributed by atoms with Gasteiger partial charge in [-0.05, 0) is 49.2 Å². The maximum Gasteiger partial charge on any atom is 0.150 e. The Hall–Kier alpha value is -0.390. The lowest BCUT2D eigenvalue weighted by Crippen LogP contribution is -2.29. The lowest BCUT2D eigenvalue weighted by atomic mass is 9.94. The second-order valence-corrected chi connectivity index (χ2v) is 8.43. The Labute approximate surface area is 114 Å². The third-order valence-corrected chi connectivity index (χ3v) is 6.14. The van der Waals surface area contributed by atoms with Crippen LogP contribution in [0, 0.1) is 12.8 Å². The molecule has 2 rings (SSSR count). The van der Waals surface area contributed by atoms with Gasteiger partial charge in [0.05, 0.1) is 11.5 Å². The Kier molecular flexibility index (Phi) is 4.45. The summed E-state index contributed by atoms with van der Waals surface area (Å²) in [5.41, 5.74) is 1.26. The summed E-state index contributed by atoms with van der Waals surface area (Å²) in [6, 6.07) is 2.38. The first-order chi connectivity index (χ1) is 8.52. The van der Waals surface area contributed by atoms with Gasteiger partial charge in [-0.3, -0.25) is 0 Å². The molecule has 2 unspecified atom stereocenters. The molecule has 1 aliphatic rings. The third-order valence-electron chi connectivity index (χ3n) is 3.46. The molecular weight excluding hydrogens is 266 g/mol. The van der Waals surface area contributed by atoms with Gasteiger partial charge in [-0.15, -0.1) is 11.3 Å². The zero-order valence-corrected chi connectivity index (χ0v) is 12.6. The van der Waals surface area contributed by atoms with Crippen molar-refractivity contribution in [1.82, 2.24) is 5.32 Å². The molecule has 1 aromatic heterocycles. The van der Waals surface area contributed by atoms with Crippen LogP contribution < -0.4 is 5.32 Å². The number of hydrogen-bond donors (Lipinski definition) is 1. The molecule has 1 aromatic rings. The third kappa shape index (κ3) is 3.33. The second-order valence-electron chi connectivity index (χ2n) is 5.09. The van der Waals surface area contributed by atoms with Crippen molar-refractivity contribution in [2.75, 3.05) is 18.1 Å². The number of thiophene rings is 1. The summed E-state index contributed by atoms with van der Waals surface area (Å²) in [6.07, 6.45) is 1.86. The van der Waals surface area contributed by atoms with E-state index in [-0.39, 0.29) is 12.0 Å². The van der Waals surface area contributed by atoms with Crippen LogP contribution in [-0.2, 0) is 9.84 Å². The number of rotatable bonds is 5. The lowest BCUT2D eigenvalue weighted by Gasteiger charge is -2.23. The highest BCUT2D eigenvalue weighted by molar-refractivity contribution is 7.91. The SMILES string of the molecule is CCCNC(c1csc(C)c1)C1CCS(=O)(=O)C1. The normalized spacial score (nSPS) is 24.2. The maximum absolute atomic E-state index is 11.6. The molecule has 102 valence electrons. The summed E-state index contributed by atoms with van der Waals surface area (Å²) < 4.78 is 23.3. The van der Waals surface area contributed by atoms with E-state index in [0.717, 1.165) is 19.4 Å². The van der Waals surface area contributed by atoms with Crippen molar-refractivity contribution in [3.8, 4) is 0 Å². The monoisotopic (exact) mass is 287 g/mol. The number of aryl methyl sites for hydroxylation is 1. The Bertz CT molecular complexity index is 493. The average Bonchev–Trinajstić information content (AvgIpc) is 2.86. The van der Waals surface area contributed by atoms with Gasteiger partial charge in [0, 0.05) is 10.9 Å². The molecule has 0 bridgehead atoms. The molecule has 1 fully saturated rings. The Morgan fingerprint density at radius 3 is 2.83 bits per heavy atom. The van der Waals surface area contributed by atoms with Crippen LogP contribution in [0.15, 0.2) is 11.4 Å². The van der Waals surface area contributed by atoms with Gasteiger partial charge in [0.2, 0.25) is 0 Å². The van der Waals surface area contributed by atoms with E-state index in [9.17, 15) is 8.42 Å². The minimum absolute atomic E-state index is 0.201. The van der Waals surface area contributed by atoms with Crippen molar-refractivity contribution in [3.05, 3.63) is 21.9 Å². The van der Waals surface area contributed by atoms with Gasteiger partial charge < -0.3 is 5.32 Å². The van der Waals surface area contributed by atoms with Gasteiger partial charge in [-0.1, -0.05) is 6.92 Å². The standard InChI is InChI=1S/C13H21NO2S2/c1-3-5-14-13(12-7-10(2)17-8-12)11-4-6-18(15,16)9-11/h7-8,11,13-14H,3-6,9H2,1-2H3. The van der Waals surface area contributed by atoms with Gasteiger partial charge >= 0.3 is 0 Å². The first-order valence-electron chi connectivity index (χ1n) is 6.50. The zero-order valence-electron chi connectivity index (χ0n) is 11.0. The molecule has 18 heavy (non-hydrogen) atoms. The summed E-state index contributed by atoms with van der Waals surface area (Å²) in [5.74, 6) is 0.921. The Morgan fingerprint density at radius 2 is 2.33 bits per heavy atom. The summed E-state index contributed by atoms with van der Waals surface area (Å²) in [7, 11) is -2.80. The minimum Gasteiger partial charge on any atom is -0.310 e. The van der Waals surface area contributed by atoms with Crippen molar-refractivity contribution < 1.29 is 8.42 Å². The second kappa shape index (κ2) is 5.72. The molecule has 1 saturated heterocycles. The molecule has 1 aliphatic heterocycles. The fourth-order valence-corrected chi connectivity index (χ4v) is 5.15. The lowest BCUT2D eigenvalue weighted by molar-refractivity contribution is 0.393. The van der Waals surface area contributed by atoms with Crippen molar-refractivity contribution in [1.29, 1.82) is 0 Å². The number of hydrogen-bond acceptors (Lipinski definition) is 4. The largest absolute Gasteiger partial charge is 0.310 e. The van der Waals surface area contributed by atoms with E-state index in [0.29, 0.717) is 11.5 Å². The highest BCUT2D eigenvalue weighted by Gasteiger charge is 2.34. The number of nitrogens with one attached hydrogen (secondary N) is 1. The van der Waals surface area contributed by atoms with Crippen LogP contribution in [0.1, 0.15) is 36.2 Å². The van der Waals surface area contributed by atoms with E-state index < -0.39 is 9.84 Å². The molecule has 3 nitrogen and oxygen atoms in total. The molecule has 0 spiro atoms. The van der Waals surface area contributed by atoms with Crippen LogP contribution in [0.25, 0.3) is 0 Å². The van der Waals surface area contributed by atoms with Crippen LogP contribution >= 0.6 is 11.3 Å². The molecule has 2 heterocycles. The molecule has 1 N–H and O–H groups in total. The van der Waals surface area contributed by atoms with Gasteiger partial charge in [0.15, 0.2) is 9.84 Å². The highest BCUT2D eigenvalue weighted by atomic mass is 32.2. The average molecular weight is 287 g/mol. The van der Waals surface area contributed by atoms with E-state index in [1.165, 1.54) is 10.4 Å². The van der Waals surface area contributed by atoms with Crippen molar-refractivity contribution in [2.45, 2.75) is 32.7 Å². The summed E-state index contributed by atoms with van der Waals surface area (Å²) in [4.78, 5) is 1.29. The molecule has 2 atom stereocenters. The van der Waals surface area contributed by atoms with Gasteiger partial charge in [0.25, 0.3) is 0 Å². The summed E-state index contributed by atoms with van der Waals surface area (Å²) >= 11 is 1.74. The van der Waals surface area contributed by atoms with E-state index >= 15 is 0 Å². The van der Waals surface area contributed by atoms with Crippen LogP contribution in [0.3, 0.4) is 0 Å². The van der Waals surface area contributed by atoms with Crippen LogP contribution in [0.2, 0.25) is 0 Å². The first kappa shape index (κ1) is 14.0.